The van der Waals surface area contributed by atoms with Gasteiger partial charge in [0.2, 0.25) is 5.16 Å². The molecule has 1 saturated carbocycles. The molecule has 0 N–H and O–H groups in total. The van der Waals surface area contributed by atoms with Gasteiger partial charge >= 0.3 is 5.97 Å². The van der Waals surface area contributed by atoms with Crippen molar-refractivity contribution in [1.82, 2.24) is 15.2 Å². The van der Waals surface area contributed by atoms with Gasteiger partial charge in [0.15, 0.2) is 0 Å². The summed E-state index contributed by atoms with van der Waals surface area (Å²) >= 11 is 1.30. The van der Waals surface area contributed by atoms with Crippen molar-refractivity contribution in [2.75, 3.05) is 12.4 Å². The topological polar surface area (TPSA) is 65.0 Å². The summed E-state index contributed by atoms with van der Waals surface area (Å²) in [6.45, 7) is 9.10. The molecule has 114 valence electrons. The second-order valence-corrected chi connectivity index (χ2v) is 7.51. The van der Waals surface area contributed by atoms with E-state index in [1.54, 1.807) is 6.92 Å². The van der Waals surface area contributed by atoms with Crippen LogP contribution in [0.5, 0.6) is 0 Å². The zero-order valence-corrected chi connectivity index (χ0v) is 13.8. The zero-order valence-electron chi connectivity index (χ0n) is 13.0. The van der Waals surface area contributed by atoms with Crippen molar-refractivity contribution in [3.05, 3.63) is 11.4 Å². The van der Waals surface area contributed by atoms with Gasteiger partial charge < -0.3 is 4.74 Å². The Morgan fingerprint density at radius 1 is 1.38 bits per heavy atom. The van der Waals surface area contributed by atoms with Crippen LogP contribution < -0.4 is 0 Å². The Morgan fingerprint density at radius 3 is 2.86 bits per heavy atom. The maximum Gasteiger partial charge on any atom is 0.316 e. The monoisotopic (exact) mass is 307 g/mol. The van der Waals surface area contributed by atoms with Gasteiger partial charge in [-0.2, -0.15) is 5.10 Å². The maximum atomic E-state index is 11.4. The third-order valence-corrected chi connectivity index (χ3v) is 6.21. The smallest absolute Gasteiger partial charge is 0.316 e. The van der Waals surface area contributed by atoms with Gasteiger partial charge in [-0.3, -0.25) is 4.79 Å². The minimum atomic E-state index is -0.236. The van der Waals surface area contributed by atoms with Crippen LogP contribution in [0.3, 0.4) is 0 Å². The molecule has 2 atom stereocenters. The van der Waals surface area contributed by atoms with Crippen LogP contribution >= 0.6 is 11.8 Å². The number of ether oxygens (including phenoxy) is 1. The van der Waals surface area contributed by atoms with Crippen LogP contribution in [0.4, 0.5) is 0 Å². The normalized spacial score (nSPS) is 28.5. The molecule has 5 nitrogen and oxygen atoms in total. The number of hydrogen-bond donors (Lipinski definition) is 0. The highest BCUT2D eigenvalue weighted by molar-refractivity contribution is 7.99. The van der Waals surface area contributed by atoms with Crippen molar-refractivity contribution in [3.63, 3.8) is 0 Å². The molecule has 0 aromatic carbocycles. The van der Waals surface area contributed by atoms with Crippen molar-refractivity contribution >= 4 is 17.7 Å². The molecule has 1 aromatic rings. The standard InChI is InChI=1S/C15H21N3O2S/c1-5-20-10(19)8-21-13-16-12-11(17-18-13)9-6-7-15(12,4)14(9,2)3/h9H,5-8H2,1-4H3/t9-,15-/m0/s1. The average molecular weight is 307 g/mol. The van der Waals surface area contributed by atoms with Crippen molar-refractivity contribution in [2.24, 2.45) is 5.41 Å². The predicted octanol–water partition coefficient (Wildman–Crippen LogP) is 2.70. The van der Waals surface area contributed by atoms with E-state index in [0.717, 1.165) is 17.8 Å². The van der Waals surface area contributed by atoms with Gasteiger partial charge in [-0.25, -0.2) is 4.98 Å². The first kappa shape index (κ1) is 14.8. The average Bonchev–Trinajstić information content (AvgIpc) is 2.77. The summed E-state index contributed by atoms with van der Waals surface area (Å²) in [6.07, 6.45) is 2.32. The molecule has 0 amide bonds. The van der Waals surface area contributed by atoms with Gasteiger partial charge in [0.25, 0.3) is 0 Å². The van der Waals surface area contributed by atoms with E-state index < -0.39 is 0 Å². The summed E-state index contributed by atoms with van der Waals surface area (Å²) in [7, 11) is 0. The van der Waals surface area contributed by atoms with E-state index in [1.165, 1.54) is 18.2 Å². The van der Waals surface area contributed by atoms with Crippen LogP contribution in [0, 0.1) is 5.41 Å². The Labute approximate surface area is 129 Å². The van der Waals surface area contributed by atoms with Crippen molar-refractivity contribution < 1.29 is 9.53 Å². The number of hydrogen-bond acceptors (Lipinski definition) is 6. The highest BCUT2D eigenvalue weighted by Gasteiger charge is 2.61. The third kappa shape index (κ3) is 2.06. The quantitative estimate of drug-likeness (QED) is 0.629. The molecule has 2 aliphatic carbocycles. The van der Waals surface area contributed by atoms with Crippen LogP contribution in [-0.4, -0.2) is 33.5 Å². The van der Waals surface area contributed by atoms with E-state index in [-0.39, 0.29) is 22.6 Å². The number of aromatic nitrogens is 3. The summed E-state index contributed by atoms with van der Waals surface area (Å²) in [4.78, 5) is 16.1. The van der Waals surface area contributed by atoms with Crippen LogP contribution in [0.15, 0.2) is 5.16 Å². The molecule has 0 radical (unpaired) electrons. The Balaban J connectivity index is 1.83. The van der Waals surface area contributed by atoms with E-state index >= 15 is 0 Å². The third-order valence-electron chi connectivity index (χ3n) is 5.40. The van der Waals surface area contributed by atoms with Gasteiger partial charge in [0.05, 0.1) is 23.7 Å². The van der Waals surface area contributed by atoms with E-state index in [9.17, 15) is 4.79 Å². The van der Waals surface area contributed by atoms with Gasteiger partial charge in [-0.1, -0.05) is 32.5 Å². The highest BCUT2D eigenvalue weighted by Crippen LogP contribution is 2.66. The van der Waals surface area contributed by atoms with Gasteiger partial charge in [0.1, 0.15) is 0 Å². The van der Waals surface area contributed by atoms with Crippen molar-refractivity contribution in [2.45, 2.75) is 57.0 Å². The lowest BCUT2D eigenvalue weighted by atomic mass is 9.70. The van der Waals surface area contributed by atoms with Crippen LogP contribution in [0.1, 0.15) is 57.8 Å². The molecule has 21 heavy (non-hydrogen) atoms. The fraction of sp³-hybridized carbons (Fsp3) is 0.733. The number of esters is 1. The number of nitrogens with zero attached hydrogens (tertiary/aromatic N) is 3. The van der Waals surface area contributed by atoms with Crippen LogP contribution in [0.25, 0.3) is 0 Å². The van der Waals surface area contributed by atoms with E-state index in [1.807, 2.05) is 0 Å². The first-order valence-electron chi connectivity index (χ1n) is 7.43. The lowest BCUT2D eigenvalue weighted by Crippen LogP contribution is -2.32. The maximum absolute atomic E-state index is 11.4. The number of rotatable bonds is 4. The molecule has 0 aliphatic heterocycles. The molecule has 1 fully saturated rings. The number of carbonyl (C=O) groups excluding carboxylic acids is 1. The summed E-state index contributed by atoms with van der Waals surface area (Å²) < 4.78 is 4.92. The number of carbonyl (C=O) groups is 1. The number of thioether (sulfide) groups is 1. The summed E-state index contributed by atoms with van der Waals surface area (Å²) in [6, 6.07) is 0. The Bertz CT molecular complexity index is 590. The lowest BCUT2D eigenvalue weighted by molar-refractivity contribution is -0.139. The molecule has 0 spiro atoms. The van der Waals surface area contributed by atoms with Gasteiger partial charge in [-0.05, 0) is 25.2 Å². The van der Waals surface area contributed by atoms with Gasteiger partial charge in [-0.15, -0.1) is 5.10 Å². The SMILES string of the molecule is CCOC(=O)CSc1nnc2c(n1)[C@]1(C)CC[C@@H]2C1(C)C. The first-order valence-corrected chi connectivity index (χ1v) is 8.42. The molecule has 2 aliphatic rings. The molecular formula is C15H21N3O2S. The van der Waals surface area contributed by atoms with Crippen molar-refractivity contribution in [1.29, 1.82) is 0 Å². The Morgan fingerprint density at radius 2 is 2.14 bits per heavy atom. The second-order valence-electron chi connectivity index (χ2n) is 6.57. The Hall–Kier alpha value is -1.17. The molecule has 2 bridgehead atoms. The van der Waals surface area contributed by atoms with Crippen molar-refractivity contribution in [3.8, 4) is 0 Å². The molecular weight excluding hydrogens is 286 g/mol. The highest BCUT2D eigenvalue weighted by atomic mass is 32.2. The number of fused-ring (bicyclic) bond motifs is 5. The van der Waals surface area contributed by atoms with E-state index in [4.69, 9.17) is 9.72 Å². The molecule has 3 rings (SSSR count). The fourth-order valence-electron chi connectivity index (χ4n) is 3.75. The second kappa shape index (κ2) is 4.93. The van der Waals surface area contributed by atoms with Crippen LogP contribution in [0.2, 0.25) is 0 Å². The van der Waals surface area contributed by atoms with Crippen LogP contribution in [-0.2, 0) is 14.9 Å². The summed E-state index contributed by atoms with van der Waals surface area (Å²) in [5.41, 5.74) is 2.41. The molecule has 0 unspecified atom stereocenters. The minimum absolute atomic E-state index is 0.0716. The first-order chi connectivity index (χ1) is 9.90. The Kier molecular flexibility index (Phi) is 3.47. The molecule has 0 saturated heterocycles. The summed E-state index contributed by atoms with van der Waals surface area (Å²) in [5.74, 6) is 0.457. The lowest BCUT2D eigenvalue weighted by Gasteiger charge is -2.33. The molecule has 1 heterocycles. The molecule has 1 aromatic heterocycles. The van der Waals surface area contributed by atoms with E-state index in [2.05, 4.69) is 31.0 Å². The predicted molar refractivity (Wildman–Crippen MR) is 80.3 cm³/mol. The largest absolute Gasteiger partial charge is 0.465 e. The van der Waals surface area contributed by atoms with Gasteiger partial charge in [0, 0.05) is 11.3 Å². The van der Waals surface area contributed by atoms with E-state index in [0.29, 0.717) is 17.7 Å². The fourth-order valence-corrected chi connectivity index (χ4v) is 4.33. The molecule has 6 heteroatoms. The summed E-state index contributed by atoms with van der Waals surface area (Å²) in [5, 5.41) is 9.19. The zero-order chi connectivity index (χ0) is 15.3. The minimum Gasteiger partial charge on any atom is -0.465 e.